The molecule has 1 aromatic heterocycles. The molecule has 102 valence electrons. The topological polar surface area (TPSA) is 39.4 Å². The van der Waals surface area contributed by atoms with Crippen molar-refractivity contribution in [3.8, 4) is 11.3 Å². The Labute approximate surface area is 122 Å². The maximum atomic E-state index is 11.3. The van der Waals surface area contributed by atoms with Crippen LogP contribution < -0.4 is 0 Å². The van der Waals surface area contributed by atoms with Gasteiger partial charge in [0.2, 0.25) is 0 Å². The summed E-state index contributed by atoms with van der Waals surface area (Å²) >= 11 is 5.83. The lowest BCUT2D eigenvalue weighted by Gasteiger charge is -1.96. The Hall–Kier alpha value is -2.26. The monoisotopic (exact) mass is 288 g/mol. The van der Waals surface area contributed by atoms with Gasteiger partial charge in [-0.15, -0.1) is 0 Å². The van der Waals surface area contributed by atoms with E-state index >= 15 is 0 Å². The summed E-state index contributed by atoms with van der Waals surface area (Å²) in [6, 6.07) is 10.9. The summed E-state index contributed by atoms with van der Waals surface area (Å²) in [5, 5.41) is 0.672. The first-order chi connectivity index (χ1) is 9.69. The van der Waals surface area contributed by atoms with Gasteiger partial charge in [0.25, 0.3) is 0 Å². The van der Waals surface area contributed by atoms with Crippen LogP contribution >= 0.6 is 11.6 Å². The SMILES string of the molecule is C=CCOC(=O)/C=C/c1ccc(-c2ccc(Cl)cc2)o1. The number of benzene rings is 1. The summed E-state index contributed by atoms with van der Waals surface area (Å²) in [5.41, 5.74) is 0.920. The summed E-state index contributed by atoms with van der Waals surface area (Å²) < 4.78 is 10.4. The second kappa shape index (κ2) is 6.78. The van der Waals surface area contributed by atoms with E-state index in [1.807, 2.05) is 18.2 Å². The number of furan rings is 1. The zero-order chi connectivity index (χ0) is 14.4. The van der Waals surface area contributed by atoms with Crippen molar-refractivity contribution in [1.82, 2.24) is 0 Å². The predicted octanol–water partition coefficient (Wildman–Crippen LogP) is 4.34. The van der Waals surface area contributed by atoms with Crippen molar-refractivity contribution in [2.75, 3.05) is 6.61 Å². The predicted molar refractivity (Wildman–Crippen MR) is 79.3 cm³/mol. The quantitative estimate of drug-likeness (QED) is 0.467. The van der Waals surface area contributed by atoms with Gasteiger partial charge >= 0.3 is 5.97 Å². The molecule has 3 nitrogen and oxygen atoms in total. The van der Waals surface area contributed by atoms with E-state index in [1.165, 1.54) is 12.2 Å². The van der Waals surface area contributed by atoms with Crippen LogP contribution in [0, 0.1) is 0 Å². The van der Waals surface area contributed by atoms with Crippen LogP contribution in [-0.2, 0) is 9.53 Å². The highest BCUT2D eigenvalue weighted by atomic mass is 35.5. The molecule has 0 unspecified atom stereocenters. The first kappa shape index (κ1) is 14.2. The number of hydrogen-bond acceptors (Lipinski definition) is 3. The van der Waals surface area contributed by atoms with Crippen LogP contribution in [0.2, 0.25) is 5.02 Å². The first-order valence-electron chi connectivity index (χ1n) is 6.00. The van der Waals surface area contributed by atoms with E-state index in [-0.39, 0.29) is 6.61 Å². The summed E-state index contributed by atoms with van der Waals surface area (Å²) in [6.07, 6.45) is 4.39. The van der Waals surface area contributed by atoms with Crippen LogP contribution in [0.15, 0.2) is 59.5 Å². The van der Waals surface area contributed by atoms with E-state index in [0.29, 0.717) is 16.5 Å². The molecular formula is C16H13ClO3. The lowest BCUT2D eigenvalue weighted by Crippen LogP contribution is -1.99. The molecule has 0 N–H and O–H groups in total. The molecule has 20 heavy (non-hydrogen) atoms. The zero-order valence-corrected chi connectivity index (χ0v) is 11.5. The summed E-state index contributed by atoms with van der Waals surface area (Å²) in [5.74, 6) is 0.848. The van der Waals surface area contributed by atoms with E-state index in [1.54, 1.807) is 24.3 Å². The molecule has 0 aliphatic carbocycles. The highest BCUT2D eigenvalue weighted by Crippen LogP contribution is 2.24. The molecule has 2 rings (SSSR count). The second-order valence-corrected chi connectivity index (χ2v) is 4.40. The Morgan fingerprint density at radius 1 is 1.25 bits per heavy atom. The molecule has 4 heteroatoms. The van der Waals surface area contributed by atoms with Gasteiger partial charge in [0.05, 0.1) is 0 Å². The lowest BCUT2D eigenvalue weighted by molar-refractivity contribution is -0.136. The lowest BCUT2D eigenvalue weighted by atomic mass is 10.2. The molecule has 1 aromatic carbocycles. The minimum atomic E-state index is -0.436. The molecule has 0 aliphatic rings. The smallest absolute Gasteiger partial charge is 0.331 e. The minimum Gasteiger partial charge on any atom is -0.458 e. The van der Waals surface area contributed by atoms with Crippen LogP contribution in [-0.4, -0.2) is 12.6 Å². The minimum absolute atomic E-state index is 0.192. The maximum Gasteiger partial charge on any atom is 0.331 e. The van der Waals surface area contributed by atoms with Gasteiger partial charge in [0, 0.05) is 16.7 Å². The summed E-state index contributed by atoms with van der Waals surface area (Å²) in [4.78, 5) is 11.3. The van der Waals surface area contributed by atoms with Gasteiger partial charge in [-0.3, -0.25) is 0 Å². The van der Waals surface area contributed by atoms with E-state index in [9.17, 15) is 4.79 Å². The fraction of sp³-hybridized carbons (Fsp3) is 0.0625. The van der Waals surface area contributed by atoms with Crippen LogP contribution in [0.3, 0.4) is 0 Å². The summed E-state index contributed by atoms with van der Waals surface area (Å²) in [6.45, 7) is 3.66. The zero-order valence-electron chi connectivity index (χ0n) is 10.7. The number of carbonyl (C=O) groups excluding carboxylic acids is 1. The Balaban J connectivity index is 2.05. The van der Waals surface area contributed by atoms with Crippen molar-refractivity contribution in [3.63, 3.8) is 0 Å². The largest absolute Gasteiger partial charge is 0.458 e. The number of ether oxygens (including phenoxy) is 1. The number of carbonyl (C=O) groups is 1. The Morgan fingerprint density at radius 3 is 2.70 bits per heavy atom. The van der Waals surface area contributed by atoms with E-state index < -0.39 is 5.97 Å². The van der Waals surface area contributed by atoms with Gasteiger partial charge in [-0.05, 0) is 42.5 Å². The Morgan fingerprint density at radius 2 is 2.00 bits per heavy atom. The van der Waals surface area contributed by atoms with Crippen molar-refractivity contribution in [1.29, 1.82) is 0 Å². The average Bonchev–Trinajstić information content (AvgIpc) is 2.92. The molecule has 0 spiro atoms. The average molecular weight is 289 g/mol. The molecule has 0 radical (unpaired) electrons. The third kappa shape index (κ3) is 3.87. The van der Waals surface area contributed by atoms with Crippen molar-refractivity contribution >= 4 is 23.6 Å². The number of hydrogen-bond donors (Lipinski definition) is 0. The molecule has 0 atom stereocenters. The van der Waals surface area contributed by atoms with E-state index in [0.717, 1.165) is 5.56 Å². The molecule has 0 bridgehead atoms. The molecular weight excluding hydrogens is 276 g/mol. The Bertz CT molecular complexity index is 623. The summed E-state index contributed by atoms with van der Waals surface area (Å²) in [7, 11) is 0. The third-order valence-corrected chi connectivity index (χ3v) is 2.73. The molecule has 0 fully saturated rings. The van der Waals surface area contributed by atoms with Crippen molar-refractivity contribution in [2.45, 2.75) is 0 Å². The van der Waals surface area contributed by atoms with Gasteiger partial charge in [-0.2, -0.15) is 0 Å². The molecule has 0 amide bonds. The van der Waals surface area contributed by atoms with Gasteiger partial charge in [-0.1, -0.05) is 24.3 Å². The van der Waals surface area contributed by atoms with Gasteiger partial charge in [-0.25, -0.2) is 4.79 Å². The van der Waals surface area contributed by atoms with Gasteiger partial charge in [0.1, 0.15) is 18.1 Å². The Kier molecular flexibility index (Phi) is 4.80. The van der Waals surface area contributed by atoms with Crippen LogP contribution in [0.4, 0.5) is 0 Å². The van der Waals surface area contributed by atoms with Crippen molar-refractivity contribution in [2.24, 2.45) is 0 Å². The second-order valence-electron chi connectivity index (χ2n) is 3.96. The molecule has 0 saturated carbocycles. The number of esters is 1. The molecule has 0 aliphatic heterocycles. The van der Waals surface area contributed by atoms with Crippen LogP contribution in [0.25, 0.3) is 17.4 Å². The van der Waals surface area contributed by atoms with Crippen molar-refractivity contribution in [3.05, 3.63) is 65.9 Å². The fourth-order valence-corrected chi connectivity index (χ4v) is 1.68. The molecule has 1 heterocycles. The van der Waals surface area contributed by atoms with Gasteiger partial charge in [0.15, 0.2) is 0 Å². The fourth-order valence-electron chi connectivity index (χ4n) is 1.55. The van der Waals surface area contributed by atoms with Crippen LogP contribution in [0.5, 0.6) is 0 Å². The molecule has 2 aromatic rings. The number of rotatable bonds is 5. The third-order valence-electron chi connectivity index (χ3n) is 2.48. The van der Waals surface area contributed by atoms with Crippen molar-refractivity contribution < 1.29 is 13.9 Å². The standard InChI is InChI=1S/C16H13ClO3/c1-2-11-19-16(18)10-8-14-7-9-15(20-14)12-3-5-13(17)6-4-12/h2-10H,1,11H2/b10-8+. The first-order valence-corrected chi connectivity index (χ1v) is 6.38. The maximum absolute atomic E-state index is 11.3. The van der Waals surface area contributed by atoms with Gasteiger partial charge < -0.3 is 9.15 Å². The molecule has 0 saturated heterocycles. The van der Waals surface area contributed by atoms with E-state index in [2.05, 4.69) is 6.58 Å². The number of halogens is 1. The highest BCUT2D eigenvalue weighted by Gasteiger charge is 2.03. The van der Waals surface area contributed by atoms with Crippen LogP contribution in [0.1, 0.15) is 5.76 Å². The normalized spacial score (nSPS) is 10.7. The van der Waals surface area contributed by atoms with E-state index in [4.69, 9.17) is 20.8 Å². The highest BCUT2D eigenvalue weighted by molar-refractivity contribution is 6.30.